The zero-order valence-corrected chi connectivity index (χ0v) is 14.1. The van der Waals surface area contributed by atoms with Gasteiger partial charge in [0.15, 0.2) is 0 Å². The average molecular weight is 362 g/mol. The second-order valence-electron chi connectivity index (χ2n) is 4.99. The minimum absolute atomic E-state index is 0.0601. The van der Waals surface area contributed by atoms with Crippen molar-refractivity contribution in [1.82, 2.24) is 4.31 Å². The molecule has 3 rings (SSSR count). The molecule has 1 saturated carbocycles. The predicted octanol–water partition coefficient (Wildman–Crippen LogP) is 4.41. The second kappa shape index (κ2) is 5.89. The van der Waals surface area contributed by atoms with Gasteiger partial charge in [-0.1, -0.05) is 23.2 Å². The molecule has 0 atom stereocenters. The first-order valence-electron chi connectivity index (χ1n) is 6.46. The Morgan fingerprint density at radius 3 is 2.62 bits per heavy atom. The lowest BCUT2D eigenvalue weighted by atomic mass is 10.3. The molecule has 0 aliphatic heterocycles. The molecule has 21 heavy (non-hydrogen) atoms. The number of sulfonamides is 1. The predicted molar refractivity (Wildman–Crippen MR) is 86.5 cm³/mol. The number of hydrogen-bond donors (Lipinski definition) is 0. The molecule has 1 aromatic carbocycles. The van der Waals surface area contributed by atoms with Gasteiger partial charge in [-0.25, -0.2) is 8.42 Å². The van der Waals surface area contributed by atoms with Crippen LogP contribution >= 0.6 is 34.5 Å². The van der Waals surface area contributed by atoms with Crippen molar-refractivity contribution in [1.29, 1.82) is 0 Å². The van der Waals surface area contributed by atoms with Gasteiger partial charge in [0.1, 0.15) is 4.90 Å². The molecular weight excluding hydrogens is 349 g/mol. The van der Waals surface area contributed by atoms with Gasteiger partial charge < -0.3 is 0 Å². The van der Waals surface area contributed by atoms with E-state index in [1.807, 2.05) is 16.8 Å². The van der Waals surface area contributed by atoms with Crippen molar-refractivity contribution in [3.05, 3.63) is 50.6 Å². The summed E-state index contributed by atoms with van der Waals surface area (Å²) in [5.74, 6) is 0. The summed E-state index contributed by atoms with van der Waals surface area (Å²) in [7, 11) is -3.65. The molecule has 1 fully saturated rings. The van der Waals surface area contributed by atoms with Crippen molar-refractivity contribution in [3.8, 4) is 0 Å². The number of hydrogen-bond acceptors (Lipinski definition) is 3. The van der Waals surface area contributed by atoms with Crippen molar-refractivity contribution in [2.75, 3.05) is 0 Å². The van der Waals surface area contributed by atoms with Crippen LogP contribution in [-0.2, 0) is 16.6 Å². The van der Waals surface area contributed by atoms with Crippen molar-refractivity contribution < 1.29 is 8.42 Å². The summed E-state index contributed by atoms with van der Waals surface area (Å²) in [6.45, 7) is 0.374. The molecule has 0 radical (unpaired) electrons. The maximum Gasteiger partial charge on any atom is 0.245 e. The molecule has 0 N–H and O–H groups in total. The van der Waals surface area contributed by atoms with Gasteiger partial charge in [-0.05, 0) is 53.4 Å². The zero-order chi connectivity index (χ0) is 15.0. The highest BCUT2D eigenvalue weighted by molar-refractivity contribution is 7.89. The van der Waals surface area contributed by atoms with E-state index in [1.165, 1.54) is 16.4 Å². The third-order valence-corrected chi connectivity index (χ3v) is 6.70. The van der Waals surface area contributed by atoms with E-state index in [9.17, 15) is 8.42 Å². The summed E-state index contributed by atoms with van der Waals surface area (Å²) in [5, 5.41) is 4.48. The van der Waals surface area contributed by atoms with Gasteiger partial charge in [-0.2, -0.15) is 15.6 Å². The summed E-state index contributed by atoms with van der Waals surface area (Å²) < 4.78 is 27.3. The van der Waals surface area contributed by atoms with Crippen molar-refractivity contribution in [2.24, 2.45) is 0 Å². The van der Waals surface area contributed by atoms with Crippen LogP contribution in [0.25, 0.3) is 0 Å². The van der Waals surface area contributed by atoms with E-state index in [0.717, 1.165) is 18.4 Å². The first kappa shape index (κ1) is 15.3. The van der Waals surface area contributed by atoms with Crippen LogP contribution in [0.1, 0.15) is 18.4 Å². The summed E-state index contributed by atoms with van der Waals surface area (Å²) in [5.41, 5.74) is 0.994. The highest BCUT2D eigenvalue weighted by atomic mass is 35.5. The van der Waals surface area contributed by atoms with E-state index >= 15 is 0 Å². The van der Waals surface area contributed by atoms with Crippen LogP contribution in [0.4, 0.5) is 0 Å². The lowest BCUT2D eigenvalue weighted by molar-refractivity contribution is 0.399. The fourth-order valence-corrected chi connectivity index (χ4v) is 5.21. The average Bonchev–Trinajstić information content (AvgIpc) is 3.14. The van der Waals surface area contributed by atoms with Crippen molar-refractivity contribution >= 4 is 44.6 Å². The van der Waals surface area contributed by atoms with E-state index in [0.29, 0.717) is 11.6 Å². The maximum absolute atomic E-state index is 12.9. The van der Waals surface area contributed by atoms with Gasteiger partial charge >= 0.3 is 0 Å². The molecule has 0 saturated heterocycles. The molecule has 0 spiro atoms. The van der Waals surface area contributed by atoms with Gasteiger partial charge in [-0.15, -0.1) is 0 Å². The Labute approximate surface area is 138 Å². The monoisotopic (exact) mass is 361 g/mol. The van der Waals surface area contributed by atoms with Crippen LogP contribution in [0, 0.1) is 0 Å². The SMILES string of the molecule is O=S(=O)(c1cc(Cl)ccc1Cl)N(Cc1ccsc1)C1CC1. The van der Waals surface area contributed by atoms with E-state index < -0.39 is 10.0 Å². The number of halogens is 2. The molecule has 2 aromatic rings. The lowest BCUT2D eigenvalue weighted by Crippen LogP contribution is -2.32. The van der Waals surface area contributed by atoms with Crippen LogP contribution < -0.4 is 0 Å². The zero-order valence-electron chi connectivity index (χ0n) is 11.0. The quantitative estimate of drug-likeness (QED) is 0.790. The maximum atomic E-state index is 12.9. The second-order valence-corrected chi connectivity index (χ2v) is 8.47. The van der Waals surface area contributed by atoms with E-state index in [1.54, 1.807) is 17.4 Å². The van der Waals surface area contributed by atoms with Gasteiger partial charge in [0, 0.05) is 17.6 Å². The molecule has 112 valence electrons. The van der Waals surface area contributed by atoms with Crippen LogP contribution in [0.15, 0.2) is 39.9 Å². The van der Waals surface area contributed by atoms with Gasteiger partial charge in [0.05, 0.1) is 5.02 Å². The Morgan fingerprint density at radius 2 is 2.00 bits per heavy atom. The third kappa shape index (κ3) is 3.27. The van der Waals surface area contributed by atoms with Crippen LogP contribution in [-0.4, -0.2) is 18.8 Å². The molecule has 1 aliphatic carbocycles. The smallest absolute Gasteiger partial charge is 0.207 e. The highest BCUT2D eigenvalue weighted by Crippen LogP contribution is 2.36. The minimum Gasteiger partial charge on any atom is -0.207 e. The van der Waals surface area contributed by atoms with Crippen molar-refractivity contribution in [3.63, 3.8) is 0 Å². The standard InChI is InChI=1S/C14H13Cl2NO2S2/c15-11-1-4-13(16)14(7-11)21(18,19)17(12-2-3-12)8-10-5-6-20-9-10/h1,4-7,9,12H,2-3,8H2. The fourth-order valence-electron chi connectivity index (χ4n) is 2.14. The number of benzene rings is 1. The van der Waals surface area contributed by atoms with Gasteiger partial charge in [-0.3, -0.25) is 0 Å². The Morgan fingerprint density at radius 1 is 1.24 bits per heavy atom. The topological polar surface area (TPSA) is 37.4 Å². The first-order valence-corrected chi connectivity index (χ1v) is 9.60. The summed E-state index contributed by atoms with van der Waals surface area (Å²) in [6, 6.07) is 6.53. The number of nitrogens with zero attached hydrogens (tertiary/aromatic N) is 1. The first-order chi connectivity index (χ1) is 9.98. The Balaban J connectivity index is 1.99. The Kier molecular flexibility index (Phi) is 4.30. The van der Waals surface area contributed by atoms with Gasteiger partial charge in [0.25, 0.3) is 0 Å². The molecule has 1 heterocycles. The minimum atomic E-state index is -3.65. The summed E-state index contributed by atoms with van der Waals surface area (Å²) in [6.07, 6.45) is 1.78. The Bertz CT molecular complexity index is 740. The molecule has 3 nitrogen and oxygen atoms in total. The summed E-state index contributed by atoms with van der Waals surface area (Å²) >= 11 is 13.6. The molecule has 0 bridgehead atoms. The lowest BCUT2D eigenvalue weighted by Gasteiger charge is -2.22. The molecular formula is C14H13Cl2NO2S2. The fraction of sp³-hybridized carbons (Fsp3) is 0.286. The van der Waals surface area contributed by atoms with Crippen LogP contribution in [0.2, 0.25) is 10.0 Å². The number of thiophene rings is 1. The summed E-state index contributed by atoms with van der Waals surface area (Å²) in [4.78, 5) is 0.0822. The third-order valence-electron chi connectivity index (χ3n) is 3.35. The number of rotatable bonds is 5. The van der Waals surface area contributed by atoms with E-state index in [-0.39, 0.29) is 16.0 Å². The van der Waals surface area contributed by atoms with Crippen LogP contribution in [0.3, 0.4) is 0 Å². The van der Waals surface area contributed by atoms with E-state index in [2.05, 4.69) is 0 Å². The van der Waals surface area contributed by atoms with Crippen LogP contribution in [0.5, 0.6) is 0 Å². The highest BCUT2D eigenvalue weighted by Gasteiger charge is 2.39. The van der Waals surface area contributed by atoms with Crippen molar-refractivity contribution in [2.45, 2.75) is 30.3 Å². The largest absolute Gasteiger partial charge is 0.245 e. The molecule has 7 heteroatoms. The molecule has 0 amide bonds. The molecule has 1 aliphatic rings. The normalized spacial score (nSPS) is 15.6. The Hall–Kier alpha value is -0.590. The molecule has 0 unspecified atom stereocenters. The van der Waals surface area contributed by atoms with Gasteiger partial charge in [0.2, 0.25) is 10.0 Å². The molecule has 1 aromatic heterocycles. The van der Waals surface area contributed by atoms with E-state index in [4.69, 9.17) is 23.2 Å².